The zero-order chi connectivity index (χ0) is 27.4. The fraction of sp³-hybridized carbons (Fsp3) is 0.400. The van der Waals surface area contributed by atoms with Crippen LogP contribution in [0, 0.1) is 12.8 Å². The van der Waals surface area contributed by atoms with Crippen molar-refractivity contribution >= 4 is 23.7 Å². The van der Waals surface area contributed by atoms with Gasteiger partial charge in [0.05, 0.1) is 18.7 Å². The lowest BCUT2D eigenvalue weighted by Gasteiger charge is -2.34. The number of carbonyl (C=O) groups is 4. The first kappa shape index (κ1) is 27.1. The second-order valence-electron chi connectivity index (χ2n) is 10.0. The molecule has 1 saturated heterocycles. The van der Waals surface area contributed by atoms with Crippen molar-refractivity contribution < 1.29 is 23.9 Å². The Hall–Kier alpha value is -3.94. The summed E-state index contributed by atoms with van der Waals surface area (Å²) in [6.45, 7) is 7.09. The number of nitrogens with two attached hydrogens (primary N) is 1. The van der Waals surface area contributed by atoms with Gasteiger partial charge in [0, 0.05) is 42.6 Å². The molecule has 2 aliphatic rings. The van der Waals surface area contributed by atoms with Gasteiger partial charge in [-0.3, -0.25) is 14.4 Å². The van der Waals surface area contributed by atoms with Crippen LogP contribution in [0.15, 0.2) is 59.8 Å². The lowest BCUT2D eigenvalue weighted by atomic mass is 9.83. The van der Waals surface area contributed by atoms with Gasteiger partial charge in [-0.25, -0.2) is 4.79 Å². The zero-order valence-corrected chi connectivity index (χ0v) is 22.2. The Morgan fingerprint density at radius 2 is 1.61 bits per heavy atom. The van der Waals surface area contributed by atoms with Crippen LogP contribution in [-0.4, -0.2) is 53.2 Å². The molecule has 4 rings (SSSR count). The van der Waals surface area contributed by atoms with Crippen LogP contribution >= 0.6 is 0 Å². The van der Waals surface area contributed by atoms with E-state index in [0.29, 0.717) is 42.8 Å². The maximum Gasteiger partial charge on any atom is 0.336 e. The van der Waals surface area contributed by atoms with E-state index in [1.807, 2.05) is 43.3 Å². The number of esters is 1. The molecule has 0 radical (unpaired) electrons. The highest BCUT2D eigenvalue weighted by molar-refractivity contribution is 5.96. The monoisotopic (exact) mass is 517 g/mol. The van der Waals surface area contributed by atoms with E-state index in [1.165, 1.54) is 0 Å². The van der Waals surface area contributed by atoms with Gasteiger partial charge in [-0.1, -0.05) is 42.0 Å². The number of ether oxygens (including phenoxy) is 1. The second-order valence-corrected chi connectivity index (χ2v) is 10.0. The molecule has 0 aliphatic carbocycles. The summed E-state index contributed by atoms with van der Waals surface area (Å²) in [5.74, 6) is -1.42. The molecule has 8 heteroatoms. The Labute approximate surface area is 223 Å². The summed E-state index contributed by atoms with van der Waals surface area (Å²) in [6.07, 6.45) is 1.33. The highest BCUT2D eigenvalue weighted by Crippen LogP contribution is 2.38. The van der Waals surface area contributed by atoms with Crippen molar-refractivity contribution in [1.82, 2.24) is 9.80 Å². The van der Waals surface area contributed by atoms with Crippen LogP contribution in [-0.2, 0) is 25.7 Å². The number of allylic oxidation sites excluding steroid dienone is 1. The highest BCUT2D eigenvalue weighted by Gasteiger charge is 2.37. The summed E-state index contributed by atoms with van der Waals surface area (Å²) in [7, 11) is 0. The van der Waals surface area contributed by atoms with Gasteiger partial charge in [-0.05, 0) is 56.9 Å². The topological polar surface area (TPSA) is 110 Å². The van der Waals surface area contributed by atoms with Crippen LogP contribution in [0.5, 0.6) is 0 Å². The average Bonchev–Trinajstić information content (AvgIpc) is 2.91. The number of amides is 3. The molecular weight excluding hydrogens is 482 g/mol. The molecule has 2 N–H and O–H groups in total. The van der Waals surface area contributed by atoms with Crippen LogP contribution in [0.3, 0.4) is 0 Å². The molecule has 8 nitrogen and oxygen atoms in total. The molecule has 3 amide bonds. The number of hydrogen-bond donors (Lipinski definition) is 1. The van der Waals surface area contributed by atoms with E-state index < -0.39 is 5.97 Å². The Kier molecular flexibility index (Phi) is 8.29. The van der Waals surface area contributed by atoms with Gasteiger partial charge in [-0.2, -0.15) is 0 Å². The summed E-state index contributed by atoms with van der Waals surface area (Å²) in [5.41, 5.74) is 9.90. The maximum atomic E-state index is 13.3. The van der Waals surface area contributed by atoms with Crippen LogP contribution in [0.1, 0.15) is 66.1 Å². The van der Waals surface area contributed by atoms with Gasteiger partial charge in [0.15, 0.2) is 0 Å². The molecule has 1 fully saturated rings. The molecule has 0 spiro atoms. The van der Waals surface area contributed by atoms with Crippen LogP contribution < -0.4 is 5.73 Å². The quantitative estimate of drug-likeness (QED) is 0.564. The number of carbonyl (C=O) groups excluding carboxylic acids is 4. The van der Waals surface area contributed by atoms with E-state index in [0.717, 1.165) is 16.7 Å². The van der Waals surface area contributed by atoms with E-state index in [9.17, 15) is 19.2 Å². The molecule has 2 heterocycles. The number of hydrogen-bond acceptors (Lipinski definition) is 5. The number of nitrogens with zero attached hydrogens (tertiary/aromatic N) is 2. The van der Waals surface area contributed by atoms with Gasteiger partial charge in [0.25, 0.3) is 5.91 Å². The van der Waals surface area contributed by atoms with Crippen molar-refractivity contribution in [2.75, 3.05) is 19.7 Å². The molecule has 200 valence electrons. The average molecular weight is 518 g/mol. The Morgan fingerprint density at radius 1 is 0.974 bits per heavy atom. The SMILES string of the molecule is CCOC(=O)C1=C(C)N(Cc2ccc(C(=O)N3CCC(C(N)=O)CC3)cc2)C(=O)CC1c1ccc(C)cc1. The summed E-state index contributed by atoms with van der Waals surface area (Å²) >= 11 is 0. The van der Waals surface area contributed by atoms with Gasteiger partial charge >= 0.3 is 5.97 Å². The van der Waals surface area contributed by atoms with Crippen molar-refractivity contribution in [2.45, 2.75) is 52.5 Å². The minimum atomic E-state index is -0.408. The first-order valence-corrected chi connectivity index (χ1v) is 13.1. The number of benzene rings is 2. The largest absolute Gasteiger partial charge is 0.463 e. The predicted octanol–water partition coefficient (Wildman–Crippen LogP) is 3.69. The molecule has 1 atom stereocenters. The van der Waals surface area contributed by atoms with E-state index >= 15 is 0 Å². The fourth-order valence-electron chi connectivity index (χ4n) is 5.25. The number of piperidine rings is 1. The minimum absolute atomic E-state index is 0.0707. The molecule has 2 aliphatic heterocycles. The minimum Gasteiger partial charge on any atom is -0.463 e. The third-order valence-corrected chi connectivity index (χ3v) is 7.52. The third kappa shape index (κ3) is 5.79. The summed E-state index contributed by atoms with van der Waals surface area (Å²) in [4.78, 5) is 54.0. The molecule has 0 bridgehead atoms. The summed E-state index contributed by atoms with van der Waals surface area (Å²) < 4.78 is 5.38. The molecular formula is C30H35N3O5. The Morgan fingerprint density at radius 3 is 2.18 bits per heavy atom. The van der Waals surface area contributed by atoms with Crippen molar-refractivity contribution in [1.29, 1.82) is 0 Å². The van der Waals surface area contributed by atoms with Crippen LogP contribution in [0.2, 0.25) is 0 Å². The van der Waals surface area contributed by atoms with Gasteiger partial charge < -0.3 is 20.3 Å². The Balaban J connectivity index is 1.52. The smallest absolute Gasteiger partial charge is 0.336 e. The van der Waals surface area contributed by atoms with E-state index in [2.05, 4.69) is 0 Å². The van der Waals surface area contributed by atoms with Gasteiger partial charge in [0.1, 0.15) is 0 Å². The molecule has 2 aromatic carbocycles. The third-order valence-electron chi connectivity index (χ3n) is 7.52. The number of aryl methyl sites for hydroxylation is 1. The normalized spacial score (nSPS) is 18.5. The molecule has 2 aromatic rings. The lowest BCUT2D eigenvalue weighted by Crippen LogP contribution is -2.41. The molecule has 0 saturated carbocycles. The molecule has 1 unspecified atom stereocenters. The first-order chi connectivity index (χ1) is 18.2. The summed E-state index contributed by atoms with van der Waals surface area (Å²) in [5, 5.41) is 0. The number of rotatable bonds is 7. The highest BCUT2D eigenvalue weighted by atomic mass is 16.5. The number of primary amides is 1. The maximum absolute atomic E-state index is 13.3. The molecule has 38 heavy (non-hydrogen) atoms. The van der Waals surface area contributed by atoms with Crippen molar-refractivity contribution in [2.24, 2.45) is 11.7 Å². The van der Waals surface area contributed by atoms with Gasteiger partial charge in [-0.15, -0.1) is 0 Å². The van der Waals surface area contributed by atoms with E-state index in [1.54, 1.807) is 35.8 Å². The number of likely N-dealkylation sites (tertiary alicyclic amines) is 1. The molecule has 0 aromatic heterocycles. The van der Waals surface area contributed by atoms with Crippen LogP contribution in [0.4, 0.5) is 0 Å². The summed E-state index contributed by atoms with van der Waals surface area (Å²) in [6, 6.07) is 15.1. The lowest BCUT2D eigenvalue weighted by molar-refractivity contribution is -0.140. The predicted molar refractivity (Wildman–Crippen MR) is 143 cm³/mol. The second kappa shape index (κ2) is 11.6. The van der Waals surface area contributed by atoms with Gasteiger partial charge in [0.2, 0.25) is 11.8 Å². The van der Waals surface area contributed by atoms with E-state index in [4.69, 9.17) is 10.5 Å². The fourth-order valence-corrected chi connectivity index (χ4v) is 5.25. The Bertz CT molecular complexity index is 1240. The zero-order valence-electron chi connectivity index (χ0n) is 22.2. The standard InChI is InChI=1S/C30H35N3O5/c1-4-38-30(37)27-20(3)33(26(34)17-25(27)22-9-5-19(2)6-10-22)18-21-7-11-24(12-8-21)29(36)32-15-13-23(14-16-32)28(31)35/h5-12,23,25H,4,13-18H2,1-3H3,(H2,31,35). The van der Waals surface area contributed by atoms with Crippen molar-refractivity contribution in [3.05, 3.63) is 82.1 Å². The van der Waals surface area contributed by atoms with Crippen molar-refractivity contribution in [3.63, 3.8) is 0 Å². The first-order valence-electron chi connectivity index (χ1n) is 13.1. The van der Waals surface area contributed by atoms with E-state index in [-0.39, 0.29) is 49.1 Å². The van der Waals surface area contributed by atoms with Crippen LogP contribution in [0.25, 0.3) is 0 Å². The van der Waals surface area contributed by atoms with Crippen molar-refractivity contribution in [3.8, 4) is 0 Å².